The van der Waals surface area contributed by atoms with Crippen LogP contribution in [0.15, 0.2) is 66.2 Å². The Hall–Kier alpha value is -3.97. The number of rotatable bonds is 3. The number of aryl methyl sites for hydroxylation is 2. The average molecular weight is 497 g/mol. The monoisotopic (exact) mass is 496 g/mol. The molecule has 180 valence electrons. The van der Waals surface area contributed by atoms with Gasteiger partial charge in [0.1, 0.15) is 17.6 Å². The van der Waals surface area contributed by atoms with Crippen LogP contribution < -0.4 is 9.64 Å². The van der Waals surface area contributed by atoms with Gasteiger partial charge < -0.3 is 9.84 Å². The molecule has 2 aliphatic rings. The molecule has 1 fully saturated rings. The molecule has 0 unspecified atom stereocenters. The molecule has 36 heavy (non-hydrogen) atoms. The summed E-state index contributed by atoms with van der Waals surface area (Å²) in [5.41, 5.74) is 5.16. The van der Waals surface area contributed by atoms with E-state index in [1.54, 1.807) is 12.1 Å². The number of carbonyl (C=O) groups excluding carboxylic acids is 2. The molecule has 2 atom stereocenters. The molecule has 1 N–H and O–H groups in total. The van der Waals surface area contributed by atoms with Crippen LogP contribution >= 0.6 is 11.3 Å². The third kappa shape index (κ3) is 3.50. The normalized spacial score (nSPS) is 20.7. The van der Waals surface area contributed by atoms with Crippen LogP contribution in [-0.2, 0) is 16.0 Å². The average Bonchev–Trinajstić information content (AvgIpc) is 3.52. The molecule has 0 saturated carbocycles. The van der Waals surface area contributed by atoms with Gasteiger partial charge in [-0.3, -0.25) is 14.5 Å². The molecule has 7 heteroatoms. The lowest BCUT2D eigenvalue weighted by Gasteiger charge is -2.23. The Morgan fingerprint density at radius 3 is 2.64 bits per heavy atom. The van der Waals surface area contributed by atoms with Gasteiger partial charge in [0.15, 0.2) is 5.13 Å². The zero-order valence-electron chi connectivity index (χ0n) is 20.1. The van der Waals surface area contributed by atoms with Crippen molar-refractivity contribution in [2.24, 2.45) is 0 Å². The predicted molar refractivity (Wildman–Crippen MR) is 141 cm³/mol. The van der Waals surface area contributed by atoms with E-state index in [-0.39, 0.29) is 17.4 Å². The Balaban J connectivity index is 1.54. The number of anilines is 1. The van der Waals surface area contributed by atoms with E-state index >= 15 is 0 Å². The summed E-state index contributed by atoms with van der Waals surface area (Å²) in [4.78, 5) is 33.1. The number of aromatic nitrogens is 1. The summed E-state index contributed by atoms with van der Waals surface area (Å²) in [6.45, 7) is 5.99. The van der Waals surface area contributed by atoms with Crippen molar-refractivity contribution < 1.29 is 19.4 Å². The number of ether oxygens (including phenoxy) is 1. The number of ketones is 1. The highest BCUT2D eigenvalue weighted by Gasteiger charge is 2.48. The van der Waals surface area contributed by atoms with Crippen LogP contribution in [0.3, 0.4) is 0 Å². The quantitative estimate of drug-likeness (QED) is 0.218. The van der Waals surface area contributed by atoms with E-state index in [9.17, 15) is 14.7 Å². The van der Waals surface area contributed by atoms with Crippen LogP contribution in [0.1, 0.15) is 40.8 Å². The lowest BCUT2D eigenvalue weighted by Crippen LogP contribution is -2.29. The van der Waals surface area contributed by atoms with Crippen molar-refractivity contribution in [3.05, 3.63) is 94.1 Å². The summed E-state index contributed by atoms with van der Waals surface area (Å²) in [7, 11) is 0. The standard InChI is InChI=1S/C29H24N2O4S/c1-15-11-16(2)24-22(12-15)36-29(30-24)31-25(18-7-5-4-6-8-18)23(27(33)28(31)34)26(32)19-9-10-21-20(14-19)13-17(3)35-21/h4-12,14,17,25,32H,13H2,1-3H3/t17-,25+/m1/s1. The van der Waals surface area contributed by atoms with Gasteiger partial charge in [0.2, 0.25) is 0 Å². The Morgan fingerprint density at radius 2 is 1.86 bits per heavy atom. The first-order valence-corrected chi connectivity index (χ1v) is 12.7. The van der Waals surface area contributed by atoms with E-state index in [4.69, 9.17) is 9.72 Å². The molecule has 1 saturated heterocycles. The molecular weight excluding hydrogens is 472 g/mol. The largest absolute Gasteiger partial charge is 0.507 e. The zero-order chi connectivity index (χ0) is 25.1. The summed E-state index contributed by atoms with van der Waals surface area (Å²) < 4.78 is 6.73. The summed E-state index contributed by atoms with van der Waals surface area (Å²) in [6, 6.07) is 18.0. The van der Waals surface area contributed by atoms with Crippen LogP contribution in [0.25, 0.3) is 16.0 Å². The lowest BCUT2D eigenvalue weighted by molar-refractivity contribution is -0.132. The summed E-state index contributed by atoms with van der Waals surface area (Å²) in [6.07, 6.45) is 0.774. The smallest absolute Gasteiger partial charge is 0.301 e. The van der Waals surface area contributed by atoms with E-state index in [1.807, 2.05) is 69.3 Å². The molecule has 3 aromatic carbocycles. The van der Waals surface area contributed by atoms with Gasteiger partial charge in [0.05, 0.1) is 21.8 Å². The van der Waals surface area contributed by atoms with Crippen molar-refractivity contribution in [3.63, 3.8) is 0 Å². The molecule has 6 nitrogen and oxygen atoms in total. The number of hydrogen-bond donors (Lipinski definition) is 1. The van der Waals surface area contributed by atoms with Crippen LogP contribution in [0.5, 0.6) is 5.75 Å². The molecule has 0 bridgehead atoms. The van der Waals surface area contributed by atoms with Crippen molar-refractivity contribution in [2.45, 2.75) is 39.3 Å². The summed E-state index contributed by atoms with van der Waals surface area (Å²) in [5, 5.41) is 11.9. The van der Waals surface area contributed by atoms with Crippen LogP contribution in [0, 0.1) is 13.8 Å². The van der Waals surface area contributed by atoms with Gasteiger partial charge in [-0.1, -0.05) is 47.7 Å². The number of thiazole rings is 1. The number of nitrogens with zero attached hydrogens (tertiary/aromatic N) is 2. The number of Topliss-reactive ketones (excluding diaryl/α,β-unsaturated/α-hetero) is 1. The number of aliphatic hydroxyl groups excluding tert-OH is 1. The van der Waals surface area contributed by atoms with Gasteiger partial charge in [0.25, 0.3) is 5.78 Å². The second-order valence-electron chi connectivity index (χ2n) is 9.46. The molecule has 0 radical (unpaired) electrons. The molecular formula is C29H24N2O4S. The fourth-order valence-electron chi connectivity index (χ4n) is 5.17. The third-order valence-electron chi connectivity index (χ3n) is 6.75. The lowest BCUT2D eigenvalue weighted by atomic mass is 9.94. The molecule has 1 aromatic heterocycles. The molecule has 6 rings (SSSR count). The van der Waals surface area contributed by atoms with Crippen molar-refractivity contribution >= 4 is 44.1 Å². The zero-order valence-corrected chi connectivity index (χ0v) is 20.9. The van der Waals surface area contributed by atoms with Crippen molar-refractivity contribution in [3.8, 4) is 5.75 Å². The highest BCUT2D eigenvalue weighted by molar-refractivity contribution is 7.22. The minimum Gasteiger partial charge on any atom is -0.507 e. The van der Waals surface area contributed by atoms with Crippen molar-refractivity contribution in [2.75, 3.05) is 4.90 Å². The van der Waals surface area contributed by atoms with Gasteiger partial charge in [0, 0.05) is 12.0 Å². The number of aliphatic hydroxyl groups is 1. The number of fused-ring (bicyclic) bond motifs is 2. The van der Waals surface area contributed by atoms with Crippen LogP contribution in [-0.4, -0.2) is 27.9 Å². The Morgan fingerprint density at radius 1 is 1.08 bits per heavy atom. The topological polar surface area (TPSA) is 79.7 Å². The SMILES string of the molecule is Cc1cc(C)c2nc(N3C(=O)C(=O)C(=C(O)c4ccc5c(c4)C[C@@H](C)O5)[C@@H]3c3ccccc3)sc2c1. The van der Waals surface area contributed by atoms with Crippen LogP contribution in [0.2, 0.25) is 0 Å². The molecule has 4 aromatic rings. The van der Waals surface area contributed by atoms with Crippen molar-refractivity contribution in [1.82, 2.24) is 4.98 Å². The van der Waals surface area contributed by atoms with Crippen LogP contribution in [0.4, 0.5) is 5.13 Å². The molecule has 2 aliphatic heterocycles. The van der Waals surface area contributed by atoms with Crippen molar-refractivity contribution in [1.29, 1.82) is 0 Å². The minimum atomic E-state index is -0.795. The van der Waals surface area contributed by atoms with E-state index < -0.39 is 17.7 Å². The number of hydrogen-bond acceptors (Lipinski definition) is 6. The van der Waals surface area contributed by atoms with Gasteiger partial charge in [-0.2, -0.15) is 0 Å². The third-order valence-corrected chi connectivity index (χ3v) is 7.76. The van der Waals surface area contributed by atoms with E-state index in [1.165, 1.54) is 16.2 Å². The number of amides is 1. The highest BCUT2D eigenvalue weighted by atomic mass is 32.1. The Kier molecular flexibility index (Phi) is 5.19. The second kappa shape index (κ2) is 8.31. The fourth-order valence-corrected chi connectivity index (χ4v) is 6.34. The number of carbonyl (C=O) groups is 2. The van der Waals surface area contributed by atoms with Gasteiger partial charge in [-0.15, -0.1) is 0 Å². The maximum Gasteiger partial charge on any atom is 0.301 e. The van der Waals surface area contributed by atoms with Gasteiger partial charge >= 0.3 is 5.91 Å². The first-order chi connectivity index (χ1) is 17.3. The van der Waals surface area contributed by atoms with Gasteiger partial charge in [-0.25, -0.2) is 4.98 Å². The highest BCUT2D eigenvalue weighted by Crippen LogP contribution is 2.45. The fraction of sp³-hybridized carbons (Fsp3) is 0.207. The minimum absolute atomic E-state index is 0.0541. The molecule has 0 spiro atoms. The second-order valence-corrected chi connectivity index (χ2v) is 10.5. The molecule has 0 aliphatic carbocycles. The molecule has 3 heterocycles. The first kappa shape index (κ1) is 22.5. The first-order valence-electron chi connectivity index (χ1n) is 11.9. The molecule has 1 amide bonds. The summed E-state index contributed by atoms with van der Waals surface area (Å²) >= 11 is 1.37. The van der Waals surface area contributed by atoms with E-state index in [2.05, 4.69) is 0 Å². The predicted octanol–water partition coefficient (Wildman–Crippen LogP) is 5.86. The maximum absolute atomic E-state index is 13.5. The van der Waals surface area contributed by atoms with E-state index in [0.717, 1.165) is 44.6 Å². The van der Waals surface area contributed by atoms with E-state index in [0.29, 0.717) is 10.7 Å². The Bertz CT molecular complexity index is 1590. The maximum atomic E-state index is 13.5. The Labute approximate surface area is 212 Å². The summed E-state index contributed by atoms with van der Waals surface area (Å²) in [5.74, 6) is -0.838. The van der Waals surface area contributed by atoms with Gasteiger partial charge in [-0.05, 0) is 67.3 Å². The number of benzene rings is 3.